The molecular weight excluding hydrogens is 1060 g/mol. The molecule has 19 heteroatoms. The number of hydrogen-bond acceptors (Lipinski definition) is 9. The Hall–Kier alpha value is -7.77. The van der Waals surface area contributed by atoms with Crippen LogP contribution in [0.15, 0.2) is 129 Å². The molecule has 1 atom stereocenters. The average molecular weight is 1110 g/mol. The molecule has 0 bridgehead atoms. The normalized spacial score (nSPS) is 16.7. The topological polar surface area (TPSA) is 152 Å². The predicted octanol–water partition coefficient (Wildman–Crippen LogP) is 12.3. The van der Waals surface area contributed by atoms with Crippen molar-refractivity contribution in [2.45, 2.75) is 106 Å². The number of aromatic nitrogens is 2. The summed E-state index contributed by atoms with van der Waals surface area (Å²) < 4.78 is 92.6. The SMILES string of the molecule is Cc1ccc2c(c1)Oc1cc(C)ccc1C2NC(=O)c1cc(N2CCN(Cc3ccc(Cc4ccc5c(c4)Sc4cc(C)ccc4C5NC(=O)c4cc(NC5CCCCC5)c(C(F)(F)F)[nH]c4=O)cc3)CC2)c(C(F)(F)F)[nH]c1=O. The third-order valence-corrected chi connectivity index (χ3v) is 16.6. The fourth-order valence-corrected chi connectivity index (χ4v) is 12.6. The van der Waals surface area contributed by atoms with Gasteiger partial charge in [-0.1, -0.05) is 104 Å². The number of nitrogens with one attached hydrogen (secondary N) is 5. The van der Waals surface area contributed by atoms with Crippen LogP contribution in [0.3, 0.4) is 0 Å². The molecule has 7 aromatic rings. The van der Waals surface area contributed by atoms with Crippen LogP contribution in [0, 0.1) is 20.8 Å². The van der Waals surface area contributed by atoms with Gasteiger partial charge >= 0.3 is 12.4 Å². The van der Waals surface area contributed by atoms with Gasteiger partial charge in [0.1, 0.15) is 34.0 Å². The number of carbonyl (C=O) groups is 2. The monoisotopic (exact) mass is 1110 g/mol. The number of ether oxygens (including phenoxy) is 1. The Morgan fingerprint density at radius 1 is 0.588 bits per heavy atom. The van der Waals surface area contributed by atoms with Crippen molar-refractivity contribution in [2.75, 3.05) is 36.4 Å². The zero-order valence-corrected chi connectivity index (χ0v) is 44.8. The summed E-state index contributed by atoms with van der Waals surface area (Å²) in [6.07, 6.45) is -5.09. The molecule has 2 aromatic heterocycles. The van der Waals surface area contributed by atoms with Crippen molar-refractivity contribution in [3.8, 4) is 11.5 Å². The minimum Gasteiger partial charge on any atom is -0.457 e. The van der Waals surface area contributed by atoms with Gasteiger partial charge in [-0.05, 0) is 121 Å². The van der Waals surface area contributed by atoms with Crippen molar-refractivity contribution in [3.05, 3.63) is 208 Å². The van der Waals surface area contributed by atoms with Crippen molar-refractivity contribution in [3.63, 3.8) is 0 Å². The number of hydrogen-bond donors (Lipinski definition) is 5. The first-order valence-electron chi connectivity index (χ1n) is 26.6. The van der Waals surface area contributed by atoms with Gasteiger partial charge in [-0.25, -0.2) is 0 Å². The number of piperazine rings is 1. The maximum atomic E-state index is 14.6. The lowest BCUT2D eigenvalue weighted by atomic mass is 9.92. The third kappa shape index (κ3) is 11.3. The van der Waals surface area contributed by atoms with E-state index < -0.39 is 69.9 Å². The van der Waals surface area contributed by atoms with Gasteiger partial charge in [-0.15, -0.1) is 0 Å². The largest absolute Gasteiger partial charge is 0.457 e. The Labute approximate surface area is 461 Å². The fourth-order valence-electron chi connectivity index (χ4n) is 11.3. The lowest BCUT2D eigenvalue weighted by Crippen LogP contribution is -2.47. The number of anilines is 2. The van der Waals surface area contributed by atoms with E-state index in [-0.39, 0.29) is 30.5 Å². The second-order valence-electron chi connectivity index (χ2n) is 21.3. The summed E-state index contributed by atoms with van der Waals surface area (Å²) in [6, 6.07) is 31.4. The van der Waals surface area contributed by atoms with Gasteiger partial charge in [-0.2, -0.15) is 26.3 Å². The molecule has 0 spiro atoms. The van der Waals surface area contributed by atoms with E-state index in [1.807, 2.05) is 122 Å². The number of nitrogens with zero attached hydrogens (tertiary/aromatic N) is 2. The van der Waals surface area contributed by atoms with Gasteiger partial charge < -0.3 is 35.6 Å². The third-order valence-electron chi connectivity index (χ3n) is 15.5. The molecule has 5 heterocycles. The molecule has 0 radical (unpaired) electrons. The smallest absolute Gasteiger partial charge is 0.433 e. The number of fused-ring (bicyclic) bond motifs is 4. The minimum atomic E-state index is -4.90. The van der Waals surface area contributed by atoms with Gasteiger partial charge in [0, 0.05) is 59.7 Å². The highest BCUT2D eigenvalue weighted by Gasteiger charge is 2.40. The zero-order valence-electron chi connectivity index (χ0n) is 44.0. The van der Waals surface area contributed by atoms with Crippen molar-refractivity contribution >= 4 is 35.0 Å². The number of H-pyrrole nitrogens is 2. The highest BCUT2D eigenvalue weighted by molar-refractivity contribution is 7.99. The van der Waals surface area contributed by atoms with Crippen LogP contribution in [0.2, 0.25) is 0 Å². The molecular formula is C61H57F6N7O5S. The van der Waals surface area contributed by atoms with E-state index in [9.17, 15) is 45.5 Å². The first-order valence-corrected chi connectivity index (χ1v) is 27.5. The molecule has 2 amide bonds. The van der Waals surface area contributed by atoms with Crippen LogP contribution in [-0.2, 0) is 25.3 Å². The van der Waals surface area contributed by atoms with Crippen LogP contribution in [0.4, 0.5) is 37.7 Å². The quantitative estimate of drug-likeness (QED) is 0.0797. The number of alkyl halides is 6. The Morgan fingerprint density at radius 3 is 1.69 bits per heavy atom. The minimum absolute atomic E-state index is 0.199. The summed E-state index contributed by atoms with van der Waals surface area (Å²) in [5, 5.41) is 8.88. The van der Waals surface area contributed by atoms with Crippen molar-refractivity contribution < 1.29 is 40.7 Å². The Bertz CT molecular complexity index is 3630. The summed E-state index contributed by atoms with van der Waals surface area (Å²) in [6.45, 7) is 7.52. The molecule has 414 valence electrons. The van der Waals surface area contributed by atoms with Crippen LogP contribution in [0.25, 0.3) is 0 Å². The van der Waals surface area contributed by atoms with Gasteiger partial charge in [0.15, 0.2) is 0 Å². The zero-order chi connectivity index (χ0) is 56.2. The molecule has 11 rings (SSSR count). The number of carbonyl (C=O) groups excluding carboxylic acids is 2. The number of aromatic amines is 2. The number of pyridine rings is 2. The Morgan fingerprint density at radius 2 is 1.09 bits per heavy atom. The first kappa shape index (κ1) is 54.2. The van der Waals surface area contributed by atoms with E-state index in [1.54, 1.807) is 16.7 Å². The highest BCUT2D eigenvalue weighted by atomic mass is 32.2. The number of rotatable bonds is 11. The molecule has 80 heavy (non-hydrogen) atoms. The van der Waals surface area contributed by atoms with Crippen LogP contribution in [0.5, 0.6) is 11.5 Å². The van der Waals surface area contributed by atoms with Crippen molar-refractivity contribution in [1.29, 1.82) is 0 Å². The number of halogens is 6. The molecule has 1 aliphatic carbocycles. The molecule has 3 aliphatic heterocycles. The van der Waals surface area contributed by atoms with Crippen LogP contribution in [0.1, 0.15) is 132 Å². The summed E-state index contributed by atoms with van der Waals surface area (Å²) >= 11 is 1.55. The molecule has 2 fully saturated rings. The highest BCUT2D eigenvalue weighted by Crippen LogP contribution is 2.47. The molecule has 5 N–H and O–H groups in total. The number of amides is 2. The van der Waals surface area contributed by atoms with Crippen molar-refractivity contribution in [2.24, 2.45) is 0 Å². The summed E-state index contributed by atoms with van der Waals surface area (Å²) in [5.41, 5.74) is 2.53. The van der Waals surface area contributed by atoms with E-state index in [0.717, 1.165) is 85.7 Å². The van der Waals surface area contributed by atoms with E-state index in [0.29, 0.717) is 61.5 Å². The van der Waals surface area contributed by atoms with E-state index in [4.69, 9.17) is 4.74 Å². The maximum absolute atomic E-state index is 14.6. The standard InChI is InChI=1S/C61H57F6N7O5S/c1-33-9-17-40-48(25-33)79-49-26-34(2)10-18-41(49)52(40)69-57(76)45-31-47(55(61(65,66)67)72-59(45)78)74-23-21-73(22-24-74)32-37-14-12-36(13-15-37)28-38-16-20-43-51(29-38)80-50-27-35(3)11-19-42(50)53(43)70-56(75)44-30-46(68-39-7-5-4-6-8-39)54(60(62,63)64)71-58(44)77/h9-20,25-27,29-31,39,52-53,68H,4-8,21-24,28,32H2,1-3H3,(H,69,76)(H,70,75)(H,71,77)(H,72,78). The van der Waals surface area contributed by atoms with E-state index in [1.165, 1.54) is 0 Å². The van der Waals surface area contributed by atoms with Gasteiger partial charge in [0.2, 0.25) is 0 Å². The van der Waals surface area contributed by atoms with Crippen LogP contribution < -0.4 is 36.7 Å². The maximum Gasteiger partial charge on any atom is 0.433 e. The summed E-state index contributed by atoms with van der Waals surface area (Å²) in [5.74, 6) is -0.573. The Balaban J connectivity index is 0.758. The molecule has 1 unspecified atom stereocenters. The second-order valence-corrected chi connectivity index (χ2v) is 22.4. The Kier molecular flexibility index (Phi) is 14.7. The predicted molar refractivity (Wildman–Crippen MR) is 294 cm³/mol. The first-order chi connectivity index (χ1) is 38.2. The lowest BCUT2D eigenvalue weighted by Gasteiger charge is -2.37. The van der Waals surface area contributed by atoms with Gasteiger partial charge in [0.25, 0.3) is 22.9 Å². The average Bonchev–Trinajstić information content (AvgIpc) is 3.53. The number of aryl methyl sites for hydroxylation is 3. The van der Waals surface area contributed by atoms with Gasteiger partial charge in [0.05, 0.1) is 23.5 Å². The van der Waals surface area contributed by atoms with E-state index >= 15 is 0 Å². The molecule has 12 nitrogen and oxygen atoms in total. The fraction of sp³-hybridized carbons (Fsp3) is 0.311. The van der Waals surface area contributed by atoms with Gasteiger partial charge in [-0.3, -0.25) is 24.1 Å². The molecule has 4 aliphatic rings. The van der Waals surface area contributed by atoms with Crippen LogP contribution in [-0.4, -0.2) is 58.9 Å². The second kappa shape index (κ2) is 21.7. The summed E-state index contributed by atoms with van der Waals surface area (Å²) in [7, 11) is 0. The van der Waals surface area contributed by atoms with E-state index in [2.05, 4.69) is 26.9 Å². The van der Waals surface area contributed by atoms with Crippen LogP contribution >= 0.6 is 11.8 Å². The molecule has 1 saturated heterocycles. The number of benzene rings is 5. The molecule has 1 saturated carbocycles. The molecule has 5 aromatic carbocycles. The summed E-state index contributed by atoms with van der Waals surface area (Å²) in [4.78, 5) is 64.0. The van der Waals surface area contributed by atoms with Crippen molar-refractivity contribution in [1.82, 2.24) is 25.5 Å². The lowest BCUT2D eigenvalue weighted by molar-refractivity contribution is -0.141.